The summed E-state index contributed by atoms with van der Waals surface area (Å²) in [6.07, 6.45) is 0.785. The van der Waals surface area contributed by atoms with E-state index in [9.17, 15) is 8.42 Å². The van der Waals surface area contributed by atoms with Crippen molar-refractivity contribution in [1.29, 1.82) is 0 Å². The Hall–Kier alpha value is -2.94. The zero-order chi connectivity index (χ0) is 22.7. The maximum absolute atomic E-state index is 12.8. The second kappa shape index (κ2) is 9.51. The minimum Gasteiger partial charge on any atom is -0.353 e. The van der Waals surface area contributed by atoms with E-state index >= 15 is 0 Å². The monoisotopic (exact) mass is 478 g/mol. The van der Waals surface area contributed by atoms with Crippen molar-refractivity contribution in [3.8, 4) is 0 Å². The lowest BCUT2D eigenvalue weighted by molar-refractivity contribution is 0.261. The molecule has 170 valence electrons. The van der Waals surface area contributed by atoms with Crippen LogP contribution >= 0.6 is 11.5 Å². The van der Waals surface area contributed by atoms with Crippen LogP contribution in [0, 0.1) is 0 Å². The summed E-state index contributed by atoms with van der Waals surface area (Å²) in [5.41, 5.74) is 1.65. The van der Waals surface area contributed by atoms with Gasteiger partial charge in [0.15, 0.2) is 0 Å². The fraction of sp³-hybridized carbons (Fsp3) is 0.240. The summed E-state index contributed by atoms with van der Waals surface area (Å²) in [7, 11) is -3.61. The summed E-state index contributed by atoms with van der Waals surface area (Å²) < 4.78 is 34.2. The highest BCUT2D eigenvalue weighted by molar-refractivity contribution is 7.92. The molecule has 1 N–H and O–H groups in total. The highest BCUT2D eigenvalue weighted by atomic mass is 32.2. The molecule has 2 heterocycles. The first kappa shape index (κ1) is 21.9. The number of para-hydroxylation sites is 1. The smallest absolute Gasteiger partial charge is 0.261 e. The largest absolute Gasteiger partial charge is 0.353 e. The number of rotatable bonds is 7. The second-order valence-corrected chi connectivity index (χ2v) is 10.6. The van der Waals surface area contributed by atoms with Crippen LogP contribution in [0.3, 0.4) is 0 Å². The van der Waals surface area contributed by atoms with E-state index in [2.05, 4.69) is 38.8 Å². The minimum atomic E-state index is -3.61. The van der Waals surface area contributed by atoms with Gasteiger partial charge in [-0.2, -0.15) is 4.37 Å². The molecule has 3 aromatic carbocycles. The van der Waals surface area contributed by atoms with Gasteiger partial charge in [-0.3, -0.25) is 9.62 Å². The number of hydrogen-bond acceptors (Lipinski definition) is 6. The molecule has 0 aliphatic carbocycles. The van der Waals surface area contributed by atoms with Crippen LogP contribution in [0.5, 0.6) is 0 Å². The van der Waals surface area contributed by atoms with E-state index in [1.165, 1.54) is 10.1 Å². The minimum absolute atomic E-state index is 0.269. The molecular weight excluding hydrogens is 452 g/mol. The molecule has 0 amide bonds. The molecule has 1 aliphatic rings. The summed E-state index contributed by atoms with van der Waals surface area (Å²) >= 11 is 1.56. The van der Waals surface area contributed by atoms with Gasteiger partial charge in [0.25, 0.3) is 10.0 Å². The molecule has 0 atom stereocenters. The molecule has 1 aliphatic heterocycles. The molecule has 0 bridgehead atoms. The zero-order valence-electron chi connectivity index (χ0n) is 18.2. The van der Waals surface area contributed by atoms with Crippen LogP contribution in [-0.4, -0.2) is 50.4 Å². The van der Waals surface area contributed by atoms with E-state index in [-0.39, 0.29) is 4.90 Å². The number of sulfonamides is 1. The van der Waals surface area contributed by atoms with E-state index in [1.54, 1.807) is 35.8 Å². The molecule has 0 unspecified atom stereocenters. The maximum atomic E-state index is 12.8. The Morgan fingerprint density at radius 3 is 2.36 bits per heavy atom. The van der Waals surface area contributed by atoms with E-state index in [1.807, 2.05) is 30.3 Å². The average Bonchev–Trinajstić information content (AvgIpc) is 3.28. The van der Waals surface area contributed by atoms with Crippen LogP contribution in [0.25, 0.3) is 10.1 Å². The number of piperazine rings is 1. The Morgan fingerprint density at radius 1 is 0.848 bits per heavy atom. The van der Waals surface area contributed by atoms with E-state index in [4.69, 9.17) is 4.37 Å². The third-order valence-electron chi connectivity index (χ3n) is 6.04. The van der Waals surface area contributed by atoms with Gasteiger partial charge in [0, 0.05) is 38.1 Å². The van der Waals surface area contributed by atoms with Gasteiger partial charge in [-0.15, -0.1) is 0 Å². The van der Waals surface area contributed by atoms with Gasteiger partial charge in [-0.25, -0.2) is 8.42 Å². The lowest BCUT2D eigenvalue weighted by Gasteiger charge is -2.35. The SMILES string of the molecule is O=S(=O)(Nc1ccccc1CCN1CCN(c2nsc3ccccc23)CC1)c1ccccc1. The predicted octanol–water partition coefficient (Wildman–Crippen LogP) is 4.46. The Morgan fingerprint density at radius 2 is 1.55 bits per heavy atom. The quantitative estimate of drug-likeness (QED) is 0.425. The van der Waals surface area contributed by atoms with Gasteiger partial charge in [-0.05, 0) is 53.8 Å². The molecule has 0 spiro atoms. The van der Waals surface area contributed by atoms with E-state index < -0.39 is 10.0 Å². The van der Waals surface area contributed by atoms with Crippen molar-refractivity contribution in [2.75, 3.05) is 42.3 Å². The Balaban J connectivity index is 1.21. The summed E-state index contributed by atoms with van der Waals surface area (Å²) in [6.45, 7) is 4.69. The van der Waals surface area contributed by atoms with Crippen molar-refractivity contribution in [1.82, 2.24) is 9.27 Å². The Bertz CT molecular complexity index is 1330. The first-order valence-electron chi connectivity index (χ1n) is 11.1. The molecule has 5 rings (SSSR count). The fourth-order valence-electron chi connectivity index (χ4n) is 4.20. The van der Waals surface area contributed by atoms with Crippen LogP contribution in [0.2, 0.25) is 0 Å². The molecule has 1 aromatic heterocycles. The maximum Gasteiger partial charge on any atom is 0.261 e. The summed E-state index contributed by atoms with van der Waals surface area (Å²) in [5, 5.41) is 1.23. The number of aromatic nitrogens is 1. The highest BCUT2D eigenvalue weighted by Gasteiger charge is 2.21. The van der Waals surface area contributed by atoms with Gasteiger partial charge < -0.3 is 4.90 Å². The van der Waals surface area contributed by atoms with Gasteiger partial charge >= 0.3 is 0 Å². The summed E-state index contributed by atoms with van der Waals surface area (Å²) in [4.78, 5) is 5.08. The third kappa shape index (κ3) is 4.88. The van der Waals surface area contributed by atoms with Gasteiger partial charge in [-0.1, -0.05) is 48.5 Å². The van der Waals surface area contributed by atoms with Crippen molar-refractivity contribution < 1.29 is 8.42 Å². The number of hydrogen-bond donors (Lipinski definition) is 1. The molecular formula is C25H26N4O2S2. The average molecular weight is 479 g/mol. The number of nitrogens with zero attached hydrogens (tertiary/aromatic N) is 3. The van der Waals surface area contributed by atoms with Gasteiger partial charge in [0.2, 0.25) is 0 Å². The molecule has 1 fully saturated rings. The predicted molar refractivity (Wildman–Crippen MR) is 136 cm³/mol. The van der Waals surface area contributed by atoms with Gasteiger partial charge in [0.1, 0.15) is 5.82 Å². The number of anilines is 2. The molecule has 33 heavy (non-hydrogen) atoms. The lowest BCUT2D eigenvalue weighted by Crippen LogP contribution is -2.47. The topological polar surface area (TPSA) is 65.5 Å². The van der Waals surface area contributed by atoms with Crippen molar-refractivity contribution in [3.05, 3.63) is 84.4 Å². The number of nitrogens with one attached hydrogen (secondary N) is 1. The second-order valence-electron chi connectivity index (χ2n) is 8.16. The van der Waals surface area contributed by atoms with Crippen LogP contribution in [0.15, 0.2) is 83.8 Å². The standard InChI is InChI=1S/C25H26N4O2S2/c30-33(31,21-9-2-1-3-10-21)27-23-12-6-4-8-20(23)14-15-28-16-18-29(19-17-28)25-22-11-5-7-13-24(22)32-26-25/h1-13,27H,14-19H2. The Labute approximate surface area is 198 Å². The van der Waals surface area contributed by atoms with Crippen LogP contribution in [-0.2, 0) is 16.4 Å². The fourth-order valence-corrected chi connectivity index (χ4v) is 6.12. The highest BCUT2D eigenvalue weighted by Crippen LogP contribution is 2.30. The van der Waals surface area contributed by atoms with Crippen LogP contribution in [0.4, 0.5) is 11.5 Å². The molecule has 8 heteroatoms. The molecule has 1 saturated heterocycles. The van der Waals surface area contributed by atoms with E-state index in [0.29, 0.717) is 5.69 Å². The third-order valence-corrected chi connectivity index (χ3v) is 8.24. The normalized spacial score (nSPS) is 15.1. The van der Waals surface area contributed by atoms with Crippen LogP contribution < -0.4 is 9.62 Å². The molecule has 0 radical (unpaired) electrons. The molecule has 4 aromatic rings. The van der Waals surface area contributed by atoms with Gasteiger partial charge in [0.05, 0.1) is 15.3 Å². The van der Waals surface area contributed by atoms with Crippen molar-refractivity contribution in [2.45, 2.75) is 11.3 Å². The molecule has 0 saturated carbocycles. The Kier molecular flexibility index (Phi) is 6.30. The lowest BCUT2D eigenvalue weighted by atomic mass is 10.1. The first-order valence-corrected chi connectivity index (χ1v) is 13.3. The van der Waals surface area contributed by atoms with Crippen molar-refractivity contribution in [2.24, 2.45) is 0 Å². The zero-order valence-corrected chi connectivity index (χ0v) is 19.9. The first-order chi connectivity index (χ1) is 16.1. The van der Waals surface area contributed by atoms with Crippen molar-refractivity contribution in [3.63, 3.8) is 0 Å². The van der Waals surface area contributed by atoms with E-state index in [0.717, 1.165) is 50.5 Å². The van der Waals surface area contributed by atoms with Crippen LogP contribution in [0.1, 0.15) is 5.56 Å². The number of benzene rings is 3. The molecule has 6 nitrogen and oxygen atoms in total. The summed E-state index contributed by atoms with van der Waals surface area (Å²) in [6, 6.07) is 24.5. The van der Waals surface area contributed by atoms with Crippen molar-refractivity contribution >= 4 is 43.1 Å². The number of fused-ring (bicyclic) bond motifs is 1. The summed E-state index contributed by atoms with van der Waals surface area (Å²) in [5.74, 6) is 1.09.